The average Bonchev–Trinajstić information content (AvgIpc) is 2.79. The van der Waals surface area contributed by atoms with Crippen molar-refractivity contribution in [2.24, 2.45) is 0 Å². The number of halogens is 3. The Kier molecular flexibility index (Phi) is 3.10. The van der Waals surface area contributed by atoms with Gasteiger partial charge in [0.2, 0.25) is 0 Å². The Hall–Kier alpha value is -2.47. The van der Waals surface area contributed by atoms with E-state index in [1.807, 2.05) is 0 Å². The molecule has 3 aromatic rings. The van der Waals surface area contributed by atoms with Crippen molar-refractivity contribution in [1.29, 1.82) is 0 Å². The molecule has 0 saturated heterocycles. The molecular formula is C14H7ClF2N2O2. The number of hydrogen-bond donors (Lipinski definition) is 2. The summed E-state index contributed by atoms with van der Waals surface area (Å²) in [5, 5.41) is 9.03. The number of carbonyl (C=O) groups is 1. The van der Waals surface area contributed by atoms with E-state index in [0.29, 0.717) is 16.9 Å². The van der Waals surface area contributed by atoms with E-state index in [9.17, 15) is 13.6 Å². The Morgan fingerprint density at radius 1 is 1.24 bits per heavy atom. The number of carboxylic acids is 1. The highest BCUT2D eigenvalue weighted by Crippen LogP contribution is 2.28. The van der Waals surface area contributed by atoms with E-state index in [2.05, 4.69) is 9.97 Å². The van der Waals surface area contributed by atoms with Crippen molar-refractivity contribution in [3.05, 3.63) is 52.6 Å². The van der Waals surface area contributed by atoms with Gasteiger partial charge < -0.3 is 10.1 Å². The highest BCUT2D eigenvalue weighted by molar-refractivity contribution is 6.33. The number of nitrogens with zero attached hydrogens (tertiary/aromatic N) is 1. The van der Waals surface area contributed by atoms with Crippen LogP contribution in [0, 0.1) is 11.6 Å². The SMILES string of the molecule is O=C(O)c1cc2nc(-c3ccc(F)cc3Cl)[nH]c2cc1F. The number of benzene rings is 2. The van der Waals surface area contributed by atoms with Crippen molar-refractivity contribution in [3.63, 3.8) is 0 Å². The molecule has 0 aliphatic rings. The minimum Gasteiger partial charge on any atom is -0.478 e. The summed E-state index contributed by atoms with van der Waals surface area (Å²) in [7, 11) is 0. The number of aromatic carboxylic acids is 1. The zero-order chi connectivity index (χ0) is 15.1. The molecule has 0 unspecified atom stereocenters. The Bertz CT molecular complexity index is 877. The van der Waals surface area contributed by atoms with Crippen LogP contribution in [0.4, 0.5) is 8.78 Å². The number of imidazole rings is 1. The van der Waals surface area contributed by atoms with Gasteiger partial charge in [-0.15, -0.1) is 0 Å². The smallest absolute Gasteiger partial charge is 0.338 e. The lowest BCUT2D eigenvalue weighted by Gasteiger charge is -1.99. The molecule has 2 N–H and O–H groups in total. The Balaban J connectivity index is 2.19. The molecule has 0 radical (unpaired) electrons. The van der Waals surface area contributed by atoms with Crippen molar-refractivity contribution in [2.45, 2.75) is 0 Å². The van der Waals surface area contributed by atoms with E-state index >= 15 is 0 Å². The first-order valence-electron chi connectivity index (χ1n) is 5.83. The van der Waals surface area contributed by atoms with Gasteiger partial charge in [-0.2, -0.15) is 0 Å². The van der Waals surface area contributed by atoms with E-state index in [4.69, 9.17) is 16.7 Å². The van der Waals surface area contributed by atoms with Crippen LogP contribution in [-0.2, 0) is 0 Å². The molecule has 3 rings (SSSR count). The molecule has 1 aromatic heterocycles. The normalized spacial score (nSPS) is 11.0. The number of carboxylic acid groups (broad SMARTS) is 1. The van der Waals surface area contributed by atoms with Crippen LogP contribution in [0.3, 0.4) is 0 Å². The summed E-state index contributed by atoms with van der Waals surface area (Å²) in [5.41, 5.74) is 0.578. The standard InChI is InChI=1S/C14H7ClF2N2O2/c15-9-3-6(16)1-2-7(9)13-18-11-4-8(14(20)21)10(17)5-12(11)19-13/h1-5H,(H,18,19)(H,20,21). The molecule has 2 aromatic carbocycles. The fourth-order valence-electron chi connectivity index (χ4n) is 2.00. The minimum absolute atomic E-state index is 0.146. The maximum atomic E-state index is 13.6. The summed E-state index contributed by atoms with van der Waals surface area (Å²) in [4.78, 5) is 17.9. The molecule has 0 amide bonds. The number of H-pyrrole nitrogens is 1. The van der Waals surface area contributed by atoms with Gasteiger partial charge in [0.25, 0.3) is 0 Å². The average molecular weight is 309 g/mol. The largest absolute Gasteiger partial charge is 0.478 e. The first-order chi connectivity index (χ1) is 9.95. The first-order valence-corrected chi connectivity index (χ1v) is 6.21. The molecule has 106 valence electrons. The van der Waals surface area contributed by atoms with Gasteiger partial charge in [-0.05, 0) is 24.3 Å². The van der Waals surface area contributed by atoms with Crippen LogP contribution >= 0.6 is 11.6 Å². The molecule has 0 atom stereocenters. The first kappa shape index (κ1) is 13.5. The second-order valence-electron chi connectivity index (χ2n) is 4.36. The van der Waals surface area contributed by atoms with E-state index < -0.39 is 23.2 Å². The highest BCUT2D eigenvalue weighted by Gasteiger charge is 2.15. The second kappa shape index (κ2) is 4.82. The van der Waals surface area contributed by atoms with Crippen LogP contribution < -0.4 is 0 Å². The number of rotatable bonds is 2. The predicted molar refractivity (Wildman–Crippen MR) is 73.4 cm³/mol. The van der Waals surface area contributed by atoms with Crippen LogP contribution in [0.5, 0.6) is 0 Å². The molecule has 0 spiro atoms. The molecule has 7 heteroatoms. The van der Waals surface area contributed by atoms with E-state index in [1.165, 1.54) is 12.1 Å². The Morgan fingerprint density at radius 3 is 2.67 bits per heavy atom. The number of hydrogen-bond acceptors (Lipinski definition) is 2. The van der Waals surface area contributed by atoms with Gasteiger partial charge in [0.15, 0.2) is 0 Å². The fourth-order valence-corrected chi connectivity index (χ4v) is 2.26. The summed E-state index contributed by atoms with van der Waals surface area (Å²) >= 11 is 5.94. The van der Waals surface area contributed by atoms with Crippen LogP contribution in [0.15, 0.2) is 30.3 Å². The zero-order valence-corrected chi connectivity index (χ0v) is 11.1. The van der Waals surface area contributed by atoms with Gasteiger partial charge in [-0.1, -0.05) is 11.6 Å². The van der Waals surface area contributed by atoms with Crippen LogP contribution in [0.2, 0.25) is 5.02 Å². The topological polar surface area (TPSA) is 66.0 Å². The summed E-state index contributed by atoms with van der Waals surface area (Å²) < 4.78 is 26.6. The lowest BCUT2D eigenvalue weighted by molar-refractivity contribution is 0.0692. The molecule has 0 bridgehead atoms. The van der Waals surface area contributed by atoms with Crippen LogP contribution in [-0.4, -0.2) is 21.0 Å². The molecule has 0 fully saturated rings. The third kappa shape index (κ3) is 2.34. The Labute approximate surface area is 122 Å². The minimum atomic E-state index is -1.38. The number of aromatic amines is 1. The van der Waals surface area contributed by atoms with Crippen molar-refractivity contribution in [2.75, 3.05) is 0 Å². The highest BCUT2D eigenvalue weighted by atomic mass is 35.5. The second-order valence-corrected chi connectivity index (χ2v) is 4.77. The number of nitrogens with one attached hydrogen (secondary N) is 1. The van der Waals surface area contributed by atoms with Gasteiger partial charge in [0.05, 0.1) is 21.6 Å². The van der Waals surface area contributed by atoms with Gasteiger partial charge in [-0.3, -0.25) is 0 Å². The summed E-state index contributed by atoms with van der Waals surface area (Å²) in [6, 6.07) is 5.96. The van der Waals surface area contributed by atoms with E-state index in [1.54, 1.807) is 0 Å². The Morgan fingerprint density at radius 2 is 2.00 bits per heavy atom. The predicted octanol–water partition coefficient (Wildman–Crippen LogP) is 3.86. The van der Waals surface area contributed by atoms with Crippen LogP contribution in [0.25, 0.3) is 22.4 Å². The van der Waals surface area contributed by atoms with Gasteiger partial charge >= 0.3 is 5.97 Å². The lowest BCUT2D eigenvalue weighted by atomic mass is 10.2. The summed E-state index contributed by atoms with van der Waals surface area (Å²) in [6.07, 6.45) is 0. The third-order valence-electron chi connectivity index (χ3n) is 2.99. The van der Waals surface area contributed by atoms with Crippen molar-refractivity contribution < 1.29 is 18.7 Å². The van der Waals surface area contributed by atoms with Crippen molar-refractivity contribution in [1.82, 2.24) is 9.97 Å². The molecule has 0 saturated carbocycles. The van der Waals surface area contributed by atoms with E-state index in [-0.39, 0.29) is 10.5 Å². The lowest BCUT2D eigenvalue weighted by Crippen LogP contribution is -1.99. The quantitative estimate of drug-likeness (QED) is 0.755. The molecular weight excluding hydrogens is 302 g/mol. The van der Waals surface area contributed by atoms with Gasteiger partial charge in [-0.25, -0.2) is 18.6 Å². The van der Waals surface area contributed by atoms with Crippen molar-refractivity contribution in [3.8, 4) is 11.4 Å². The van der Waals surface area contributed by atoms with E-state index in [0.717, 1.165) is 18.2 Å². The third-order valence-corrected chi connectivity index (χ3v) is 3.30. The monoisotopic (exact) mass is 308 g/mol. The fraction of sp³-hybridized carbons (Fsp3) is 0. The summed E-state index contributed by atoms with van der Waals surface area (Å²) in [6.45, 7) is 0. The van der Waals surface area contributed by atoms with Gasteiger partial charge in [0, 0.05) is 11.6 Å². The van der Waals surface area contributed by atoms with Crippen molar-refractivity contribution >= 4 is 28.6 Å². The summed E-state index contributed by atoms with van der Waals surface area (Å²) in [5.74, 6) is -2.43. The van der Waals surface area contributed by atoms with Crippen LogP contribution in [0.1, 0.15) is 10.4 Å². The van der Waals surface area contributed by atoms with Gasteiger partial charge in [0.1, 0.15) is 17.5 Å². The molecule has 0 aliphatic carbocycles. The molecule has 4 nitrogen and oxygen atoms in total. The maximum absolute atomic E-state index is 13.6. The molecule has 1 heterocycles. The maximum Gasteiger partial charge on any atom is 0.338 e. The zero-order valence-electron chi connectivity index (χ0n) is 10.3. The molecule has 21 heavy (non-hydrogen) atoms. The number of fused-ring (bicyclic) bond motifs is 1. The number of aromatic nitrogens is 2. The molecule has 0 aliphatic heterocycles.